The lowest BCUT2D eigenvalue weighted by Gasteiger charge is -2.53. The molecule has 0 radical (unpaired) electrons. The number of hydrogen-bond acceptors (Lipinski definition) is 4. The minimum atomic E-state index is -3.50. The lowest BCUT2D eigenvalue weighted by Crippen LogP contribution is -2.63. The Morgan fingerprint density at radius 2 is 2.05 bits per heavy atom. The van der Waals surface area contributed by atoms with Crippen LogP contribution < -0.4 is 5.73 Å². The molecule has 1 saturated carbocycles. The van der Waals surface area contributed by atoms with Gasteiger partial charge in [0.15, 0.2) is 0 Å². The standard InChI is InChI=1S/C16H20N2O2S2/c17-11-16-7-4-12(5-8-16)10-18(16)22(19,20)15-3-1-2-14-13(15)6-9-21-14/h1-3,6,9,12H,4-5,7-8,10-11,17H2. The summed E-state index contributed by atoms with van der Waals surface area (Å²) in [4.78, 5) is 0.437. The quantitative estimate of drug-likeness (QED) is 0.937. The summed E-state index contributed by atoms with van der Waals surface area (Å²) in [7, 11) is -3.50. The third-order valence-electron chi connectivity index (χ3n) is 5.39. The molecule has 0 amide bonds. The molecule has 2 bridgehead atoms. The van der Waals surface area contributed by atoms with Crippen molar-refractivity contribution in [1.29, 1.82) is 0 Å². The molecular formula is C16H20N2O2S2. The molecule has 6 heteroatoms. The first kappa shape index (κ1) is 14.6. The molecule has 0 atom stereocenters. The van der Waals surface area contributed by atoms with Crippen LogP contribution in [0.25, 0.3) is 10.1 Å². The highest BCUT2D eigenvalue weighted by atomic mass is 32.2. The maximum absolute atomic E-state index is 13.3. The molecule has 4 nitrogen and oxygen atoms in total. The van der Waals surface area contributed by atoms with E-state index in [9.17, 15) is 8.42 Å². The van der Waals surface area contributed by atoms with Crippen molar-refractivity contribution in [2.75, 3.05) is 13.1 Å². The zero-order chi connectivity index (χ0) is 15.4. The fraction of sp³-hybridized carbons (Fsp3) is 0.500. The summed E-state index contributed by atoms with van der Waals surface area (Å²) in [6.45, 7) is 1.04. The van der Waals surface area contributed by atoms with Gasteiger partial charge in [-0.2, -0.15) is 4.31 Å². The Balaban J connectivity index is 1.85. The minimum absolute atomic E-state index is 0.369. The zero-order valence-electron chi connectivity index (χ0n) is 12.4. The molecule has 0 unspecified atom stereocenters. The molecule has 5 rings (SSSR count). The van der Waals surface area contributed by atoms with Crippen molar-refractivity contribution in [1.82, 2.24) is 4.31 Å². The van der Waals surface area contributed by atoms with Crippen molar-refractivity contribution >= 4 is 31.4 Å². The van der Waals surface area contributed by atoms with Crippen molar-refractivity contribution in [2.24, 2.45) is 11.7 Å². The van der Waals surface area contributed by atoms with Gasteiger partial charge in [0.1, 0.15) is 0 Å². The average Bonchev–Trinajstić information content (AvgIpc) is 3.04. The van der Waals surface area contributed by atoms with E-state index in [4.69, 9.17) is 5.73 Å². The number of thiophene rings is 1. The SMILES string of the molecule is NCC12CCC(CC1)CN2S(=O)(=O)c1cccc2sccc12. The van der Waals surface area contributed by atoms with Crippen LogP contribution in [0.15, 0.2) is 34.5 Å². The molecule has 2 aliphatic heterocycles. The Kier molecular flexibility index (Phi) is 3.34. The van der Waals surface area contributed by atoms with Crippen LogP contribution in [0, 0.1) is 5.92 Å². The summed E-state index contributed by atoms with van der Waals surface area (Å²) >= 11 is 1.58. The summed E-state index contributed by atoms with van der Waals surface area (Å²) in [5.74, 6) is 0.491. The number of benzene rings is 1. The normalized spacial score (nSPS) is 29.2. The monoisotopic (exact) mass is 336 g/mol. The van der Waals surface area contributed by atoms with Gasteiger partial charge < -0.3 is 5.73 Å². The van der Waals surface area contributed by atoms with Gasteiger partial charge in [0.2, 0.25) is 10.0 Å². The van der Waals surface area contributed by atoms with Gasteiger partial charge in [-0.05, 0) is 55.2 Å². The maximum atomic E-state index is 13.3. The molecule has 22 heavy (non-hydrogen) atoms. The molecule has 118 valence electrons. The van der Waals surface area contributed by atoms with Gasteiger partial charge in [-0.25, -0.2) is 8.42 Å². The van der Waals surface area contributed by atoms with E-state index in [1.165, 1.54) is 0 Å². The van der Waals surface area contributed by atoms with E-state index < -0.39 is 10.0 Å². The lowest BCUT2D eigenvalue weighted by molar-refractivity contribution is 0.0356. The molecule has 0 spiro atoms. The molecule has 2 aromatic rings. The summed E-state index contributed by atoms with van der Waals surface area (Å²) < 4.78 is 29.4. The summed E-state index contributed by atoms with van der Waals surface area (Å²) in [5, 5.41) is 2.78. The summed E-state index contributed by atoms with van der Waals surface area (Å²) in [6.07, 6.45) is 4.00. The fourth-order valence-electron chi connectivity index (χ4n) is 4.04. The van der Waals surface area contributed by atoms with Crippen LogP contribution in [0.3, 0.4) is 0 Å². The van der Waals surface area contributed by atoms with Crippen LogP contribution in [-0.2, 0) is 10.0 Å². The van der Waals surface area contributed by atoms with Crippen molar-refractivity contribution in [2.45, 2.75) is 36.1 Å². The van der Waals surface area contributed by atoms with Crippen molar-refractivity contribution in [3.05, 3.63) is 29.6 Å². The largest absolute Gasteiger partial charge is 0.329 e. The molecule has 1 aliphatic carbocycles. The van der Waals surface area contributed by atoms with E-state index in [1.54, 1.807) is 21.7 Å². The van der Waals surface area contributed by atoms with Crippen LogP contribution in [0.1, 0.15) is 25.7 Å². The molecule has 1 aromatic heterocycles. The second-order valence-electron chi connectivity index (χ2n) is 6.50. The number of nitrogens with zero attached hydrogens (tertiary/aromatic N) is 1. The van der Waals surface area contributed by atoms with E-state index in [1.807, 2.05) is 23.6 Å². The molecule has 3 aliphatic rings. The molecule has 2 N–H and O–H groups in total. The topological polar surface area (TPSA) is 63.4 Å². The van der Waals surface area contributed by atoms with Gasteiger partial charge in [-0.3, -0.25) is 0 Å². The van der Waals surface area contributed by atoms with Crippen LogP contribution >= 0.6 is 11.3 Å². The van der Waals surface area contributed by atoms with Gasteiger partial charge in [0, 0.05) is 28.7 Å². The molecule has 3 heterocycles. The van der Waals surface area contributed by atoms with Crippen LogP contribution in [0.4, 0.5) is 0 Å². The molecule has 1 aromatic carbocycles. The van der Waals surface area contributed by atoms with Crippen LogP contribution in [0.2, 0.25) is 0 Å². The number of rotatable bonds is 3. The lowest BCUT2D eigenvalue weighted by atomic mass is 9.72. The van der Waals surface area contributed by atoms with E-state index in [0.29, 0.717) is 23.9 Å². The predicted octanol–water partition coefficient (Wildman–Crippen LogP) is 2.79. The van der Waals surface area contributed by atoms with Gasteiger partial charge in [0.05, 0.1) is 4.90 Å². The Hall–Kier alpha value is -0.950. The van der Waals surface area contributed by atoms with Crippen molar-refractivity contribution in [3.8, 4) is 0 Å². The highest BCUT2D eigenvalue weighted by molar-refractivity contribution is 7.89. The smallest absolute Gasteiger partial charge is 0.244 e. The summed E-state index contributed by atoms with van der Waals surface area (Å²) in [5.41, 5.74) is 5.66. The fourth-order valence-corrected chi connectivity index (χ4v) is 7.04. The van der Waals surface area contributed by atoms with Gasteiger partial charge in [-0.1, -0.05) is 6.07 Å². The van der Waals surface area contributed by atoms with E-state index in [0.717, 1.165) is 35.8 Å². The van der Waals surface area contributed by atoms with Crippen molar-refractivity contribution in [3.63, 3.8) is 0 Å². The number of piperidine rings is 2. The second-order valence-corrected chi connectivity index (χ2v) is 9.27. The Bertz CT molecular complexity index is 804. The second kappa shape index (κ2) is 5.03. The van der Waals surface area contributed by atoms with Crippen LogP contribution in [0.5, 0.6) is 0 Å². The van der Waals surface area contributed by atoms with Gasteiger partial charge in [0.25, 0.3) is 0 Å². The Morgan fingerprint density at radius 3 is 2.77 bits per heavy atom. The Morgan fingerprint density at radius 1 is 1.27 bits per heavy atom. The first-order chi connectivity index (χ1) is 10.6. The highest BCUT2D eigenvalue weighted by Crippen LogP contribution is 2.46. The Labute approximate surface area is 135 Å². The minimum Gasteiger partial charge on any atom is -0.329 e. The first-order valence-electron chi connectivity index (χ1n) is 7.76. The highest BCUT2D eigenvalue weighted by Gasteiger charge is 2.50. The van der Waals surface area contributed by atoms with Crippen molar-refractivity contribution < 1.29 is 8.42 Å². The number of hydrogen-bond donors (Lipinski definition) is 1. The van der Waals surface area contributed by atoms with Gasteiger partial charge in [-0.15, -0.1) is 11.3 Å². The molecule has 3 fully saturated rings. The first-order valence-corrected chi connectivity index (χ1v) is 10.1. The molecular weight excluding hydrogens is 316 g/mol. The number of fused-ring (bicyclic) bond motifs is 4. The van der Waals surface area contributed by atoms with E-state index >= 15 is 0 Å². The average molecular weight is 336 g/mol. The zero-order valence-corrected chi connectivity index (χ0v) is 14.0. The van der Waals surface area contributed by atoms with Crippen LogP contribution in [-0.4, -0.2) is 31.4 Å². The maximum Gasteiger partial charge on any atom is 0.244 e. The van der Waals surface area contributed by atoms with E-state index in [-0.39, 0.29) is 5.54 Å². The number of nitrogens with two attached hydrogens (primary N) is 1. The number of sulfonamides is 1. The third-order valence-corrected chi connectivity index (χ3v) is 8.30. The predicted molar refractivity (Wildman–Crippen MR) is 89.5 cm³/mol. The van der Waals surface area contributed by atoms with E-state index in [2.05, 4.69) is 0 Å². The van der Waals surface area contributed by atoms with Gasteiger partial charge >= 0.3 is 0 Å². The third kappa shape index (κ3) is 1.98. The summed E-state index contributed by atoms with van der Waals surface area (Å²) in [6, 6.07) is 7.45. The molecule has 2 saturated heterocycles.